The zero-order chi connectivity index (χ0) is 9.68. The normalized spacial score (nSPS) is 10.1. The second-order valence-electron chi connectivity index (χ2n) is 3.13. The van der Waals surface area contributed by atoms with E-state index in [1.165, 1.54) is 0 Å². The summed E-state index contributed by atoms with van der Waals surface area (Å²) in [5.74, 6) is 0. The molecule has 1 heterocycles. The van der Waals surface area contributed by atoms with Gasteiger partial charge in [0.1, 0.15) is 0 Å². The second kappa shape index (κ2) is 4.82. The van der Waals surface area contributed by atoms with E-state index in [0.717, 1.165) is 24.2 Å². The summed E-state index contributed by atoms with van der Waals surface area (Å²) < 4.78 is 0. The highest BCUT2D eigenvalue weighted by Gasteiger charge is 2.04. The molecule has 0 bridgehead atoms. The van der Waals surface area contributed by atoms with Crippen molar-refractivity contribution in [1.82, 2.24) is 4.98 Å². The largest absolute Gasteiger partial charge is 0.373 e. The Morgan fingerprint density at radius 1 is 1.54 bits per heavy atom. The van der Waals surface area contributed by atoms with Gasteiger partial charge in [-0.2, -0.15) is 0 Å². The van der Waals surface area contributed by atoms with Crippen LogP contribution >= 0.6 is 0 Å². The third kappa shape index (κ3) is 2.42. The van der Waals surface area contributed by atoms with Crippen molar-refractivity contribution in [3.8, 4) is 0 Å². The van der Waals surface area contributed by atoms with Crippen molar-refractivity contribution >= 4 is 5.69 Å². The first-order chi connectivity index (χ1) is 6.29. The summed E-state index contributed by atoms with van der Waals surface area (Å²) in [7, 11) is 2.07. The molecule has 2 N–H and O–H groups in total. The minimum atomic E-state index is 0.575. The van der Waals surface area contributed by atoms with E-state index >= 15 is 0 Å². The highest BCUT2D eigenvalue weighted by molar-refractivity contribution is 5.50. The minimum Gasteiger partial charge on any atom is -0.373 e. The van der Waals surface area contributed by atoms with Crippen LogP contribution in [0.15, 0.2) is 18.5 Å². The molecule has 0 aromatic carbocycles. The lowest BCUT2D eigenvalue weighted by atomic mass is 10.2. The van der Waals surface area contributed by atoms with Crippen LogP contribution in [0.4, 0.5) is 5.69 Å². The van der Waals surface area contributed by atoms with Gasteiger partial charge >= 0.3 is 0 Å². The molecule has 0 saturated heterocycles. The van der Waals surface area contributed by atoms with Gasteiger partial charge in [0, 0.05) is 26.3 Å². The fourth-order valence-corrected chi connectivity index (χ4v) is 1.39. The fraction of sp³-hybridized carbons (Fsp3) is 0.500. The summed E-state index contributed by atoms with van der Waals surface area (Å²) in [6.07, 6.45) is 4.79. The van der Waals surface area contributed by atoms with Crippen LogP contribution in [0.2, 0.25) is 0 Å². The van der Waals surface area contributed by atoms with Crippen LogP contribution in [0.25, 0.3) is 0 Å². The Morgan fingerprint density at radius 2 is 2.31 bits per heavy atom. The molecule has 1 aromatic heterocycles. The minimum absolute atomic E-state index is 0.575. The number of anilines is 1. The van der Waals surface area contributed by atoms with Gasteiger partial charge in [0.25, 0.3) is 0 Å². The zero-order valence-electron chi connectivity index (χ0n) is 8.33. The molecule has 1 rings (SSSR count). The summed E-state index contributed by atoms with van der Waals surface area (Å²) in [4.78, 5) is 6.29. The third-order valence-corrected chi connectivity index (χ3v) is 2.08. The standard InChI is InChI=1S/C10H17N3/c1-3-6-13(2)10-8-12-5-4-9(10)7-11/h4-5,8H,3,6-7,11H2,1-2H3. The highest BCUT2D eigenvalue weighted by Crippen LogP contribution is 2.16. The molecule has 0 aliphatic carbocycles. The van der Waals surface area contributed by atoms with Crippen LogP contribution in [0.1, 0.15) is 18.9 Å². The Kier molecular flexibility index (Phi) is 3.71. The molecule has 0 saturated carbocycles. The first-order valence-corrected chi connectivity index (χ1v) is 4.63. The molecule has 1 aromatic rings. The van der Waals surface area contributed by atoms with Gasteiger partial charge in [0.2, 0.25) is 0 Å². The predicted molar refractivity (Wildman–Crippen MR) is 55.7 cm³/mol. The van der Waals surface area contributed by atoms with E-state index in [0.29, 0.717) is 6.54 Å². The average Bonchev–Trinajstić information content (AvgIpc) is 2.18. The molecule has 0 aliphatic heterocycles. The second-order valence-corrected chi connectivity index (χ2v) is 3.13. The summed E-state index contributed by atoms with van der Waals surface area (Å²) in [6.45, 7) is 3.78. The van der Waals surface area contributed by atoms with Gasteiger partial charge in [0.15, 0.2) is 0 Å². The van der Waals surface area contributed by atoms with Crippen LogP contribution in [-0.2, 0) is 6.54 Å². The van der Waals surface area contributed by atoms with Gasteiger partial charge in [-0.25, -0.2) is 0 Å². The first-order valence-electron chi connectivity index (χ1n) is 4.63. The number of aromatic nitrogens is 1. The molecule has 3 nitrogen and oxygen atoms in total. The van der Waals surface area contributed by atoms with Crippen molar-refractivity contribution in [3.05, 3.63) is 24.0 Å². The van der Waals surface area contributed by atoms with Crippen molar-refractivity contribution in [3.63, 3.8) is 0 Å². The van der Waals surface area contributed by atoms with Crippen LogP contribution in [0.5, 0.6) is 0 Å². The average molecular weight is 179 g/mol. The van der Waals surface area contributed by atoms with E-state index in [1.54, 1.807) is 6.20 Å². The molecule has 0 amide bonds. The van der Waals surface area contributed by atoms with E-state index in [9.17, 15) is 0 Å². The number of nitrogens with zero attached hydrogens (tertiary/aromatic N) is 2. The van der Waals surface area contributed by atoms with Crippen molar-refractivity contribution < 1.29 is 0 Å². The maximum atomic E-state index is 5.63. The van der Waals surface area contributed by atoms with E-state index in [2.05, 4.69) is 23.9 Å². The molecule has 0 fully saturated rings. The van der Waals surface area contributed by atoms with Crippen molar-refractivity contribution in [2.45, 2.75) is 19.9 Å². The molecule has 3 heteroatoms. The number of hydrogen-bond donors (Lipinski definition) is 1. The summed E-state index contributed by atoms with van der Waals surface area (Å²) in [5, 5.41) is 0. The Labute approximate surface area is 79.6 Å². The highest BCUT2D eigenvalue weighted by atomic mass is 15.1. The van der Waals surface area contributed by atoms with E-state index in [1.807, 2.05) is 12.3 Å². The lowest BCUT2D eigenvalue weighted by Crippen LogP contribution is -2.20. The quantitative estimate of drug-likeness (QED) is 0.759. The van der Waals surface area contributed by atoms with Gasteiger partial charge in [-0.1, -0.05) is 6.92 Å². The predicted octanol–water partition coefficient (Wildman–Crippen LogP) is 1.39. The maximum absolute atomic E-state index is 5.63. The zero-order valence-corrected chi connectivity index (χ0v) is 8.33. The number of hydrogen-bond acceptors (Lipinski definition) is 3. The van der Waals surface area contributed by atoms with E-state index in [-0.39, 0.29) is 0 Å². The number of nitrogens with two attached hydrogens (primary N) is 1. The number of rotatable bonds is 4. The molecular weight excluding hydrogens is 162 g/mol. The molecule has 0 atom stereocenters. The Balaban J connectivity index is 2.85. The molecule has 0 aliphatic rings. The SMILES string of the molecule is CCCN(C)c1cnccc1CN. The lowest BCUT2D eigenvalue weighted by molar-refractivity contribution is 0.840. The van der Waals surface area contributed by atoms with Gasteiger partial charge in [-0.3, -0.25) is 4.98 Å². The van der Waals surface area contributed by atoms with Gasteiger partial charge in [0.05, 0.1) is 11.9 Å². The third-order valence-electron chi connectivity index (χ3n) is 2.08. The van der Waals surface area contributed by atoms with Crippen LogP contribution in [0, 0.1) is 0 Å². The molecule has 0 radical (unpaired) electrons. The summed E-state index contributed by atoms with van der Waals surface area (Å²) in [6, 6.07) is 1.97. The van der Waals surface area contributed by atoms with Crippen molar-refractivity contribution in [2.75, 3.05) is 18.5 Å². The smallest absolute Gasteiger partial charge is 0.0595 e. The van der Waals surface area contributed by atoms with Crippen LogP contribution in [-0.4, -0.2) is 18.6 Å². The molecule has 0 spiro atoms. The number of pyridine rings is 1. The van der Waals surface area contributed by atoms with Crippen molar-refractivity contribution in [1.29, 1.82) is 0 Å². The molecule has 13 heavy (non-hydrogen) atoms. The Morgan fingerprint density at radius 3 is 2.92 bits per heavy atom. The topological polar surface area (TPSA) is 42.2 Å². The Hall–Kier alpha value is -1.09. The monoisotopic (exact) mass is 179 g/mol. The maximum Gasteiger partial charge on any atom is 0.0595 e. The summed E-state index contributed by atoms with van der Waals surface area (Å²) >= 11 is 0. The van der Waals surface area contributed by atoms with Crippen LogP contribution < -0.4 is 10.6 Å². The fourth-order valence-electron chi connectivity index (χ4n) is 1.39. The molecule has 0 unspecified atom stereocenters. The van der Waals surface area contributed by atoms with Gasteiger partial charge in [-0.15, -0.1) is 0 Å². The Bertz CT molecular complexity index is 260. The molecular formula is C10H17N3. The lowest BCUT2D eigenvalue weighted by Gasteiger charge is -2.20. The van der Waals surface area contributed by atoms with Crippen molar-refractivity contribution in [2.24, 2.45) is 5.73 Å². The molecule has 72 valence electrons. The van der Waals surface area contributed by atoms with E-state index in [4.69, 9.17) is 5.73 Å². The van der Waals surface area contributed by atoms with Gasteiger partial charge < -0.3 is 10.6 Å². The summed E-state index contributed by atoms with van der Waals surface area (Å²) in [5.41, 5.74) is 7.93. The van der Waals surface area contributed by atoms with E-state index < -0.39 is 0 Å². The first kappa shape index (κ1) is 9.99. The van der Waals surface area contributed by atoms with Gasteiger partial charge in [-0.05, 0) is 18.1 Å². The van der Waals surface area contributed by atoms with Crippen LogP contribution in [0.3, 0.4) is 0 Å².